The summed E-state index contributed by atoms with van der Waals surface area (Å²) in [6.07, 6.45) is 6.42. The fraction of sp³-hybridized carbons (Fsp3) is 0.364. The molecule has 0 amide bonds. The summed E-state index contributed by atoms with van der Waals surface area (Å²) in [5, 5.41) is 10.3. The number of benzene rings is 3. The number of esters is 1. The zero-order valence-corrected chi connectivity index (χ0v) is 22.7. The van der Waals surface area contributed by atoms with E-state index in [0.29, 0.717) is 37.0 Å². The van der Waals surface area contributed by atoms with Gasteiger partial charge in [-0.1, -0.05) is 43.7 Å². The minimum Gasteiger partial charge on any atom is -0.490 e. The van der Waals surface area contributed by atoms with Gasteiger partial charge in [0.25, 0.3) is 0 Å². The number of aliphatic hydroxyl groups excluding tert-OH is 1. The van der Waals surface area contributed by atoms with Gasteiger partial charge in [0.15, 0.2) is 23.2 Å². The summed E-state index contributed by atoms with van der Waals surface area (Å²) >= 11 is 0. The van der Waals surface area contributed by atoms with E-state index in [1.54, 1.807) is 30.3 Å². The van der Waals surface area contributed by atoms with Crippen molar-refractivity contribution in [1.82, 2.24) is 0 Å². The summed E-state index contributed by atoms with van der Waals surface area (Å²) in [5.41, 5.74) is 1.05. The van der Waals surface area contributed by atoms with Crippen LogP contribution in [0.1, 0.15) is 73.7 Å². The van der Waals surface area contributed by atoms with Gasteiger partial charge in [-0.15, -0.1) is 6.58 Å². The number of carbonyl (C=O) groups is 1. The molecule has 4 rings (SSSR count). The average Bonchev–Trinajstić information content (AvgIpc) is 2.96. The molecule has 7 heteroatoms. The number of aliphatic hydroxyl groups is 1. The predicted molar refractivity (Wildman–Crippen MR) is 149 cm³/mol. The molecule has 0 saturated heterocycles. The molecule has 0 spiro atoms. The lowest BCUT2D eigenvalue weighted by molar-refractivity contribution is 0.0717. The molecule has 1 saturated carbocycles. The van der Waals surface area contributed by atoms with Crippen LogP contribution in [0.25, 0.3) is 11.1 Å². The normalized spacial score (nSPS) is 17.7. The highest BCUT2D eigenvalue weighted by Crippen LogP contribution is 2.39. The van der Waals surface area contributed by atoms with Gasteiger partial charge in [-0.2, -0.15) is 0 Å². The summed E-state index contributed by atoms with van der Waals surface area (Å²) in [6.45, 7) is 5.96. The number of rotatable bonds is 11. The molecule has 0 aliphatic heterocycles. The smallest absolute Gasteiger partial charge is 0.346 e. The fourth-order valence-corrected chi connectivity index (χ4v) is 5.31. The standard InChI is InChI=1S/C33H35F3O4/c1-3-5-19-39-30-18-13-24(20-28(30)34)21-11-14-25(15-12-21)40-33(38)27-17-16-26(31(35)32(27)36)22-7-9-23(10-8-22)29(37)6-4-2/h3,11-18,20,22-23,29,37H,1,4-10,19H2,2H3. The van der Waals surface area contributed by atoms with Crippen LogP contribution in [0.2, 0.25) is 0 Å². The van der Waals surface area contributed by atoms with E-state index in [1.165, 1.54) is 30.3 Å². The van der Waals surface area contributed by atoms with Crippen LogP contribution in [0.5, 0.6) is 11.5 Å². The van der Waals surface area contributed by atoms with Gasteiger partial charge in [0.1, 0.15) is 5.75 Å². The van der Waals surface area contributed by atoms with Gasteiger partial charge in [0.05, 0.1) is 18.3 Å². The third-order valence-corrected chi connectivity index (χ3v) is 7.58. The van der Waals surface area contributed by atoms with Gasteiger partial charge in [-0.3, -0.25) is 0 Å². The second-order valence-electron chi connectivity index (χ2n) is 10.3. The Morgan fingerprint density at radius 2 is 1.70 bits per heavy atom. The molecule has 1 aliphatic carbocycles. The third-order valence-electron chi connectivity index (χ3n) is 7.58. The Morgan fingerprint density at radius 1 is 1.00 bits per heavy atom. The van der Waals surface area contributed by atoms with Gasteiger partial charge in [-0.05, 0) is 97.4 Å². The predicted octanol–water partition coefficient (Wildman–Crippen LogP) is 8.38. The summed E-state index contributed by atoms with van der Waals surface area (Å²) in [5.74, 6) is -3.44. The first-order valence-electron chi connectivity index (χ1n) is 13.8. The van der Waals surface area contributed by atoms with Gasteiger partial charge >= 0.3 is 5.97 Å². The van der Waals surface area contributed by atoms with Gasteiger partial charge in [0.2, 0.25) is 0 Å². The molecular formula is C33H35F3O4. The minimum atomic E-state index is -1.22. The maximum atomic E-state index is 15.0. The molecule has 1 atom stereocenters. The van der Waals surface area contributed by atoms with E-state index < -0.39 is 29.0 Å². The van der Waals surface area contributed by atoms with Crippen molar-refractivity contribution >= 4 is 5.97 Å². The molecule has 4 nitrogen and oxygen atoms in total. The lowest BCUT2D eigenvalue weighted by atomic mass is 9.76. The SMILES string of the molecule is C=CCCOc1ccc(-c2ccc(OC(=O)c3ccc(C4CCC(C(O)CCC)CC4)c(F)c3F)cc2)cc1F. The number of ether oxygens (including phenoxy) is 2. The zero-order chi connectivity index (χ0) is 28.6. The van der Waals surface area contributed by atoms with Crippen LogP contribution in [0.3, 0.4) is 0 Å². The molecule has 3 aromatic carbocycles. The number of carbonyl (C=O) groups excluding carboxylic acids is 1. The lowest BCUT2D eigenvalue weighted by Gasteiger charge is -2.32. The quantitative estimate of drug-likeness (QED) is 0.112. The highest BCUT2D eigenvalue weighted by Gasteiger charge is 2.30. The van der Waals surface area contributed by atoms with Crippen molar-refractivity contribution in [3.63, 3.8) is 0 Å². The number of halogens is 3. The molecule has 0 heterocycles. The first-order valence-corrected chi connectivity index (χ1v) is 13.8. The molecule has 0 radical (unpaired) electrons. The van der Waals surface area contributed by atoms with Crippen LogP contribution >= 0.6 is 0 Å². The van der Waals surface area contributed by atoms with Crippen molar-refractivity contribution in [2.75, 3.05) is 6.61 Å². The topological polar surface area (TPSA) is 55.8 Å². The van der Waals surface area contributed by atoms with Crippen LogP contribution in [0.4, 0.5) is 13.2 Å². The van der Waals surface area contributed by atoms with Crippen molar-refractivity contribution in [2.24, 2.45) is 5.92 Å². The summed E-state index contributed by atoms with van der Waals surface area (Å²) in [7, 11) is 0. The van der Waals surface area contributed by atoms with Crippen LogP contribution in [0.15, 0.2) is 67.3 Å². The number of hydrogen-bond acceptors (Lipinski definition) is 4. The van der Waals surface area contributed by atoms with Crippen LogP contribution in [-0.2, 0) is 0 Å². The Bertz CT molecular complexity index is 1310. The Balaban J connectivity index is 1.39. The maximum Gasteiger partial charge on any atom is 0.346 e. The van der Waals surface area contributed by atoms with Crippen LogP contribution in [-0.4, -0.2) is 23.8 Å². The summed E-state index contributed by atoms with van der Waals surface area (Å²) in [6, 6.07) is 13.6. The Hall–Kier alpha value is -3.58. The van der Waals surface area contributed by atoms with E-state index in [1.807, 2.05) is 6.92 Å². The maximum absolute atomic E-state index is 15.0. The Kier molecular flexibility index (Phi) is 10.0. The highest BCUT2D eigenvalue weighted by molar-refractivity contribution is 5.91. The first-order chi connectivity index (χ1) is 19.3. The van der Waals surface area contributed by atoms with E-state index in [-0.39, 0.29) is 35.0 Å². The molecule has 1 aliphatic rings. The van der Waals surface area contributed by atoms with Crippen molar-refractivity contribution in [3.8, 4) is 22.6 Å². The molecule has 40 heavy (non-hydrogen) atoms. The van der Waals surface area contributed by atoms with Gasteiger partial charge < -0.3 is 14.6 Å². The average molecular weight is 553 g/mol. The Morgan fingerprint density at radius 3 is 2.35 bits per heavy atom. The molecule has 0 aromatic heterocycles. The molecule has 212 valence electrons. The number of hydrogen-bond donors (Lipinski definition) is 1. The van der Waals surface area contributed by atoms with Crippen molar-refractivity contribution in [1.29, 1.82) is 0 Å². The lowest BCUT2D eigenvalue weighted by Crippen LogP contribution is -2.25. The molecule has 0 bridgehead atoms. The highest BCUT2D eigenvalue weighted by atomic mass is 19.2. The van der Waals surface area contributed by atoms with E-state index in [2.05, 4.69) is 6.58 Å². The van der Waals surface area contributed by atoms with E-state index >= 15 is 4.39 Å². The summed E-state index contributed by atoms with van der Waals surface area (Å²) in [4.78, 5) is 12.7. The molecule has 1 unspecified atom stereocenters. The van der Waals surface area contributed by atoms with Crippen molar-refractivity contribution in [3.05, 3.63) is 95.8 Å². The van der Waals surface area contributed by atoms with Gasteiger partial charge in [0, 0.05) is 0 Å². The molecule has 1 N–H and O–H groups in total. The summed E-state index contributed by atoms with van der Waals surface area (Å²) < 4.78 is 55.1. The molecule has 1 fully saturated rings. The zero-order valence-electron chi connectivity index (χ0n) is 22.7. The largest absolute Gasteiger partial charge is 0.490 e. The van der Waals surface area contributed by atoms with Crippen LogP contribution in [0, 0.1) is 23.4 Å². The monoisotopic (exact) mass is 552 g/mol. The second kappa shape index (κ2) is 13.7. The van der Waals surface area contributed by atoms with E-state index in [0.717, 1.165) is 25.7 Å². The van der Waals surface area contributed by atoms with E-state index in [4.69, 9.17) is 9.47 Å². The van der Waals surface area contributed by atoms with Crippen molar-refractivity contribution < 1.29 is 32.5 Å². The molecular weight excluding hydrogens is 517 g/mol. The van der Waals surface area contributed by atoms with Crippen molar-refractivity contribution in [2.45, 2.75) is 63.9 Å². The van der Waals surface area contributed by atoms with Gasteiger partial charge in [-0.25, -0.2) is 18.0 Å². The first kappa shape index (κ1) is 29.4. The fourth-order valence-electron chi connectivity index (χ4n) is 5.31. The third kappa shape index (κ3) is 6.94. The Labute approximate surface area is 233 Å². The second-order valence-corrected chi connectivity index (χ2v) is 10.3. The van der Waals surface area contributed by atoms with E-state index in [9.17, 15) is 18.7 Å². The van der Waals surface area contributed by atoms with Crippen LogP contribution < -0.4 is 9.47 Å². The molecule has 3 aromatic rings. The minimum absolute atomic E-state index is 0.145.